The third-order valence-electron chi connectivity index (χ3n) is 3.44. The average Bonchev–Trinajstić information content (AvgIpc) is 3.11. The second-order valence-corrected chi connectivity index (χ2v) is 4.84. The molecule has 8 nitrogen and oxygen atoms in total. The van der Waals surface area contributed by atoms with Gasteiger partial charge < -0.3 is 15.2 Å². The lowest BCUT2D eigenvalue weighted by Gasteiger charge is -2.11. The lowest BCUT2D eigenvalue weighted by atomic mass is 10.2. The summed E-state index contributed by atoms with van der Waals surface area (Å²) in [6, 6.07) is 0. The fourth-order valence-electron chi connectivity index (χ4n) is 2.35. The van der Waals surface area contributed by atoms with E-state index in [-0.39, 0.29) is 18.6 Å². The third-order valence-corrected chi connectivity index (χ3v) is 3.44. The molecule has 0 radical (unpaired) electrons. The lowest BCUT2D eigenvalue weighted by molar-refractivity contribution is -0.149. The van der Waals surface area contributed by atoms with Crippen molar-refractivity contribution in [1.29, 1.82) is 0 Å². The Balaban J connectivity index is 1.61. The molecule has 1 amide bonds. The van der Waals surface area contributed by atoms with Gasteiger partial charge in [0.25, 0.3) is 5.91 Å². The van der Waals surface area contributed by atoms with E-state index in [9.17, 15) is 9.59 Å². The van der Waals surface area contributed by atoms with E-state index in [1.807, 2.05) is 0 Å². The molecule has 21 heavy (non-hydrogen) atoms. The number of rotatable bonds is 4. The number of fused-ring (bicyclic) bond motifs is 1. The van der Waals surface area contributed by atoms with Crippen LogP contribution in [-0.2, 0) is 9.53 Å². The number of carboxylic acid groups (broad SMARTS) is 1. The minimum absolute atomic E-state index is 0.269. The zero-order chi connectivity index (χ0) is 14.8. The van der Waals surface area contributed by atoms with Gasteiger partial charge in [-0.1, -0.05) is 0 Å². The largest absolute Gasteiger partial charge is 0.479 e. The first-order valence-corrected chi connectivity index (χ1v) is 6.59. The van der Waals surface area contributed by atoms with Gasteiger partial charge in [0.2, 0.25) is 0 Å². The molecule has 2 atom stereocenters. The number of amides is 1. The average molecular weight is 290 g/mol. The second-order valence-electron chi connectivity index (χ2n) is 4.84. The first-order valence-electron chi connectivity index (χ1n) is 6.59. The van der Waals surface area contributed by atoms with Gasteiger partial charge >= 0.3 is 5.97 Å². The van der Waals surface area contributed by atoms with Gasteiger partial charge in [-0.15, -0.1) is 0 Å². The zero-order valence-corrected chi connectivity index (χ0v) is 11.1. The summed E-state index contributed by atoms with van der Waals surface area (Å²) in [5.74, 6) is -1.24. The molecule has 110 valence electrons. The Morgan fingerprint density at radius 1 is 1.43 bits per heavy atom. The predicted molar refractivity (Wildman–Crippen MR) is 70.9 cm³/mol. The lowest BCUT2D eigenvalue weighted by Crippen LogP contribution is -2.33. The van der Waals surface area contributed by atoms with Crippen LogP contribution in [0.4, 0.5) is 0 Å². The summed E-state index contributed by atoms with van der Waals surface area (Å²) >= 11 is 0. The Morgan fingerprint density at radius 3 is 3.05 bits per heavy atom. The van der Waals surface area contributed by atoms with Gasteiger partial charge in [-0.3, -0.25) is 9.78 Å². The Hall–Kier alpha value is -2.48. The second kappa shape index (κ2) is 5.49. The van der Waals surface area contributed by atoms with Crippen molar-refractivity contribution in [2.24, 2.45) is 0 Å². The Bertz CT molecular complexity index is 684. The van der Waals surface area contributed by atoms with Crippen LogP contribution in [0, 0.1) is 0 Å². The number of ether oxygens (including phenoxy) is 1. The van der Waals surface area contributed by atoms with Gasteiger partial charge in [0, 0.05) is 18.9 Å². The van der Waals surface area contributed by atoms with E-state index in [0.717, 1.165) is 0 Å². The number of nitrogens with zero attached hydrogens (tertiary/aromatic N) is 3. The fourth-order valence-corrected chi connectivity index (χ4v) is 2.35. The quantitative estimate of drug-likeness (QED) is 0.826. The van der Waals surface area contributed by atoms with Crippen LogP contribution >= 0.6 is 0 Å². The molecule has 2 aromatic rings. The molecule has 2 unspecified atom stereocenters. The molecule has 0 saturated carbocycles. The van der Waals surface area contributed by atoms with Crippen molar-refractivity contribution in [2.45, 2.75) is 25.0 Å². The number of aliphatic carboxylic acids is 1. The number of carbonyl (C=O) groups excluding carboxylic acids is 1. The first kappa shape index (κ1) is 13.5. The molecule has 3 rings (SSSR count). The van der Waals surface area contributed by atoms with Crippen molar-refractivity contribution in [1.82, 2.24) is 19.9 Å². The molecule has 1 aliphatic rings. The number of nitrogens with one attached hydrogen (secondary N) is 1. The van der Waals surface area contributed by atoms with Gasteiger partial charge in [-0.05, 0) is 12.8 Å². The summed E-state index contributed by atoms with van der Waals surface area (Å²) in [5, 5.41) is 15.6. The van der Waals surface area contributed by atoms with Crippen molar-refractivity contribution >= 4 is 17.4 Å². The summed E-state index contributed by atoms with van der Waals surface area (Å²) in [4.78, 5) is 26.9. The number of carboxylic acids is 1. The minimum atomic E-state index is -0.961. The van der Waals surface area contributed by atoms with Gasteiger partial charge in [-0.2, -0.15) is 5.10 Å². The van der Waals surface area contributed by atoms with Crippen molar-refractivity contribution in [3.63, 3.8) is 0 Å². The van der Waals surface area contributed by atoms with Crippen LogP contribution in [0.3, 0.4) is 0 Å². The molecule has 2 N–H and O–H groups in total. The molecule has 0 aliphatic carbocycles. The molecular formula is C13H14N4O4. The molecule has 0 bridgehead atoms. The molecule has 1 saturated heterocycles. The van der Waals surface area contributed by atoms with E-state index >= 15 is 0 Å². The minimum Gasteiger partial charge on any atom is -0.479 e. The van der Waals surface area contributed by atoms with Crippen LogP contribution in [-0.4, -0.2) is 50.3 Å². The van der Waals surface area contributed by atoms with Crippen LogP contribution in [0.25, 0.3) is 5.52 Å². The fraction of sp³-hybridized carbons (Fsp3) is 0.385. The summed E-state index contributed by atoms with van der Waals surface area (Å²) < 4.78 is 6.89. The number of hydrogen-bond acceptors (Lipinski definition) is 5. The highest BCUT2D eigenvalue weighted by Gasteiger charge is 2.30. The summed E-state index contributed by atoms with van der Waals surface area (Å²) in [5.41, 5.74) is 1.04. The third kappa shape index (κ3) is 2.70. The highest BCUT2D eigenvalue weighted by molar-refractivity contribution is 6.00. The maximum atomic E-state index is 12.1. The van der Waals surface area contributed by atoms with E-state index in [1.54, 1.807) is 23.1 Å². The Kier molecular flexibility index (Phi) is 3.53. The monoisotopic (exact) mass is 290 g/mol. The van der Waals surface area contributed by atoms with Crippen molar-refractivity contribution in [3.8, 4) is 0 Å². The van der Waals surface area contributed by atoms with Gasteiger partial charge in [0.1, 0.15) is 0 Å². The molecule has 8 heteroatoms. The smallest absolute Gasteiger partial charge is 0.332 e. The van der Waals surface area contributed by atoms with E-state index in [2.05, 4.69) is 15.4 Å². The maximum Gasteiger partial charge on any atom is 0.332 e. The molecule has 0 aromatic carbocycles. The van der Waals surface area contributed by atoms with Crippen molar-refractivity contribution < 1.29 is 19.4 Å². The summed E-state index contributed by atoms with van der Waals surface area (Å²) in [7, 11) is 0. The predicted octanol–water partition coefficient (Wildman–Crippen LogP) is 0.0913. The maximum absolute atomic E-state index is 12.1. The summed E-state index contributed by atoms with van der Waals surface area (Å²) in [6.45, 7) is 0.278. The van der Waals surface area contributed by atoms with E-state index < -0.39 is 12.1 Å². The van der Waals surface area contributed by atoms with Crippen LogP contribution in [0.2, 0.25) is 0 Å². The number of aromatic nitrogens is 3. The van der Waals surface area contributed by atoms with Crippen LogP contribution in [0.1, 0.15) is 23.2 Å². The van der Waals surface area contributed by atoms with Crippen LogP contribution < -0.4 is 5.32 Å². The Morgan fingerprint density at radius 2 is 2.29 bits per heavy atom. The molecule has 1 aliphatic heterocycles. The zero-order valence-electron chi connectivity index (χ0n) is 11.1. The Labute approximate surface area is 119 Å². The normalized spacial score (nSPS) is 21.5. The first-order chi connectivity index (χ1) is 10.1. The summed E-state index contributed by atoms with van der Waals surface area (Å²) in [6.07, 6.45) is 6.33. The molecular weight excluding hydrogens is 276 g/mol. The van der Waals surface area contributed by atoms with Gasteiger partial charge in [0.05, 0.1) is 29.6 Å². The molecule has 2 aromatic heterocycles. The van der Waals surface area contributed by atoms with Crippen molar-refractivity contribution in [2.75, 3.05) is 6.54 Å². The highest BCUT2D eigenvalue weighted by Crippen LogP contribution is 2.19. The highest BCUT2D eigenvalue weighted by atomic mass is 16.5. The van der Waals surface area contributed by atoms with E-state index in [1.165, 1.54) is 6.20 Å². The topological polar surface area (TPSA) is 106 Å². The van der Waals surface area contributed by atoms with Crippen LogP contribution in [0.15, 0.2) is 24.8 Å². The number of hydrogen-bond donors (Lipinski definition) is 2. The van der Waals surface area contributed by atoms with Crippen LogP contribution in [0.5, 0.6) is 0 Å². The van der Waals surface area contributed by atoms with Crippen molar-refractivity contribution in [3.05, 3.63) is 30.4 Å². The molecule has 3 heterocycles. The SMILES string of the molecule is O=C(NCC1CCC(C(=O)O)O1)c1cnn2ccncc12. The van der Waals surface area contributed by atoms with Gasteiger partial charge in [-0.25, -0.2) is 9.31 Å². The van der Waals surface area contributed by atoms with E-state index in [0.29, 0.717) is 23.9 Å². The molecule has 0 spiro atoms. The van der Waals surface area contributed by atoms with Gasteiger partial charge in [0.15, 0.2) is 6.10 Å². The van der Waals surface area contributed by atoms with E-state index in [4.69, 9.17) is 9.84 Å². The molecule has 1 fully saturated rings. The number of carbonyl (C=O) groups is 2. The standard InChI is InChI=1S/C13H14N4O4/c18-12(9-6-16-17-4-3-14-7-10(9)17)15-5-8-1-2-11(21-8)13(19)20/h3-4,6-8,11H,1-2,5H2,(H,15,18)(H,19,20).